The molecular weight excluding hydrogens is 226 g/mol. The van der Waals surface area contributed by atoms with Crippen molar-refractivity contribution < 1.29 is 8.42 Å². The maximum absolute atomic E-state index is 11.6. The molecule has 5 nitrogen and oxygen atoms in total. The van der Waals surface area contributed by atoms with E-state index in [1.807, 2.05) is 18.9 Å². The van der Waals surface area contributed by atoms with Gasteiger partial charge in [-0.2, -0.15) is 0 Å². The van der Waals surface area contributed by atoms with Crippen LogP contribution in [-0.4, -0.2) is 50.3 Å². The molecule has 0 fully saturated rings. The van der Waals surface area contributed by atoms with Gasteiger partial charge in [-0.3, -0.25) is 5.41 Å². The van der Waals surface area contributed by atoms with E-state index in [1.54, 1.807) is 13.8 Å². The van der Waals surface area contributed by atoms with Gasteiger partial charge in [0.25, 0.3) is 0 Å². The third-order valence-corrected chi connectivity index (χ3v) is 4.78. The number of hydrogen-bond acceptors (Lipinski definition) is 4. The van der Waals surface area contributed by atoms with Crippen molar-refractivity contribution in [3.05, 3.63) is 0 Å². The quantitative estimate of drug-likeness (QED) is 0.502. The molecule has 0 spiro atoms. The molecule has 0 amide bonds. The van der Waals surface area contributed by atoms with Crippen LogP contribution in [0.4, 0.5) is 0 Å². The molecular formula is C10H23N3O2S. The number of nitrogens with one attached hydrogen (secondary N) is 1. The first kappa shape index (κ1) is 15.4. The van der Waals surface area contributed by atoms with Gasteiger partial charge < -0.3 is 10.6 Å². The molecule has 0 heterocycles. The van der Waals surface area contributed by atoms with Crippen LogP contribution >= 0.6 is 0 Å². The Kier molecular flexibility index (Phi) is 5.96. The maximum Gasteiger partial charge on any atom is 0.153 e. The van der Waals surface area contributed by atoms with Crippen LogP contribution in [0, 0.1) is 11.3 Å². The Morgan fingerprint density at radius 3 is 2.25 bits per heavy atom. The Bertz CT molecular complexity index is 325. The molecule has 0 aromatic rings. The standard InChI is InChI=1S/C10H23N3O2S/c1-8(2)16(14,15)6-5-13(4)7-9(3)10(11)12/h8-9H,5-7H2,1-4H3,(H3,11,12). The van der Waals surface area contributed by atoms with Gasteiger partial charge in [0.2, 0.25) is 0 Å². The first-order valence-corrected chi connectivity index (χ1v) is 7.12. The van der Waals surface area contributed by atoms with Gasteiger partial charge in [-0.05, 0) is 20.9 Å². The summed E-state index contributed by atoms with van der Waals surface area (Å²) in [6.45, 7) is 6.33. The SMILES string of the molecule is CC(CN(C)CCS(=O)(=O)C(C)C)C(=N)N. The van der Waals surface area contributed by atoms with Crippen molar-refractivity contribution in [2.75, 3.05) is 25.9 Å². The van der Waals surface area contributed by atoms with E-state index in [0.717, 1.165) is 0 Å². The predicted octanol–water partition coefficient (Wildman–Crippen LogP) is 0.313. The Hall–Kier alpha value is -0.620. The van der Waals surface area contributed by atoms with Crippen LogP contribution in [0.2, 0.25) is 0 Å². The topological polar surface area (TPSA) is 87.2 Å². The molecule has 96 valence electrons. The summed E-state index contributed by atoms with van der Waals surface area (Å²) >= 11 is 0. The second-order valence-electron chi connectivity index (χ2n) is 4.53. The Morgan fingerprint density at radius 2 is 1.88 bits per heavy atom. The Balaban J connectivity index is 4.09. The lowest BCUT2D eigenvalue weighted by Crippen LogP contribution is -2.35. The summed E-state index contributed by atoms with van der Waals surface area (Å²) in [6, 6.07) is 0. The van der Waals surface area contributed by atoms with Gasteiger partial charge in [0.1, 0.15) is 0 Å². The van der Waals surface area contributed by atoms with E-state index < -0.39 is 9.84 Å². The molecule has 0 aromatic carbocycles. The molecule has 0 radical (unpaired) electrons. The van der Waals surface area contributed by atoms with Crippen molar-refractivity contribution in [2.24, 2.45) is 11.7 Å². The van der Waals surface area contributed by atoms with E-state index in [1.165, 1.54) is 0 Å². The third-order valence-electron chi connectivity index (χ3n) is 2.59. The van der Waals surface area contributed by atoms with Crippen molar-refractivity contribution in [2.45, 2.75) is 26.0 Å². The van der Waals surface area contributed by atoms with E-state index >= 15 is 0 Å². The molecule has 6 heteroatoms. The van der Waals surface area contributed by atoms with Crippen LogP contribution in [0.15, 0.2) is 0 Å². The van der Waals surface area contributed by atoms with Gasteiger partial charge in [-0.25, -0.2) is 8.42 Å². The highest BCUT2D eigenvalue weighted by molar-refractivity contribution is 7.92. The highest BCUT2D eigenvalue weighted by atomic mass is 32.2. The van der Waals surface area contributed by atoms with E-state index in [2.05, 4.69) is 0 Å². The van der Waals surface area contributed by atoms with Crippen LogP contribution in [0.1, 0.15) is 20.8 Å². The molecule has 16 heavy (non-hydrogen) atoms. The molecule has 3 N–H and O–H groups in total. The smallest absolute Gasteiger partial charge is 0.153 e. The Labute approximate surface area is 98.4 Å². The molecule has 0 aliphatic carbocycles. The molecule has 0 rings (SSSR count). The normalized spacial score (nSPS) is 14.4. The first-order valence-electron chi connectivity index (χ1n) is 5.41. The van der Waals surface area contributed by atoms with Gasteiger partial charge >= 0.3 is 0 Å². The fourth-order valence-corrected chi connectivity index (χ4v) is 2.21. The summed E-state index contributed by atoms with van der Waals surface area (Å²) in [5, 5.41) is 6.92. The molecule has 0 saturated carbocycles. The summed E-state index contributed by atoms with van der Waals surface area (Å²) in [5.41, 5.74) is 5.35. The average Bonchev–Trinajstić information content (AvgIpc) is 2.14. The number of amidine groups is 1. The van der Waals surface area contributed by atoms with Crippen LogP contribution in [0.25, 0.3) is 0 Å². The zero-order valence-corrected chi connectivity index (χ0v) is 11.3. The van der Waals surface area contributed by atoms with Gasteiger partial charge in [0.05, 0.1) is 16.8 Å². The monoisotopic (exact) mass is 249 g/mol. The number of hydrogen-bond donors (Lipinski definition) is 2. The minimum absolute atomic E-state index is 0.0354. The van der Waals surface area contributed by atoms with Gasteiger partial charge in [0, 0.05) is 19.0 Å². The number of nitrogens with zero attached hydrogens (tertiary/aromatic N) is 1. The number of sulfone groups is 1. The third kappa shape index (κ3) is 5.46. The number of nitrogens with two attached hydrogens (primary N) is 1. The first-order chi connectivity index (χ1) is 7.16. The summed E-state index contributed by atoms with van der Waals surface area (Å²) in [4.78, 5) is 1.89. The van der Waals surface area contributed by atoms with Gasteiger partial charge in [-0.15, -0.1) is 0 Å². The second-order valence-corrected chi connectivity index (χ2v) is 7.21. The van der Waals surface area contributed by atoms with E-state index in [0.29, 0.717) is 13.1 Å². The number of rotatable bonds is 7. The fraction of sp³-hybridized carbons (Fsp3) is 0.900. The summed E-state index contributed by atoms with van der Waals surface area (Å²) in [7, 11) is -1.13. The average molecular weight is 249 g/mol. The van der Waals surface area contributed by atoms with Crippen molar-refractivity contribution in [1.82, 2.24) is 4.90 Å². The van der Waals surface area contributed by atoms with Crippen LogP contribution in [0.5, 0.6) is 0 Å². The summed E-state index contributed by atoms with van der Waals surface area (Å²) in [5.74, 6) is 0.261. The summed E-state index contributed by atoms with van der Waals surface area (Å²) in [6.07, 6.45) is 0. The zero-order valence-electron chi connectivity index (χ0n) is 10.5. The lowest BCUT2D eigenvalue weighted by atomic mass is 10.1. The molecule has 0 aliphatic rings. The van der Waals surface area contributed by atoms with E-state index in [4.69, 9.17) is 11.1 Å². The van der Waals surface area contributed by atoms with Crippen LogP contribution < -0.4 is 5.73 Å². The molecule has 0 bridgehead atoms. The van der Waals surface area contributed by atoms with Crippen LogP contribution in [0.3, 0.4) is 0 Å². The van der Waals surface area contributed by atoms with Crippen LogP contribution in [-0.2, 0) is 9.84 Å². The highest BCUT2D eigenvalue weighted by Crippen LogP contribution is 2.03. The summed E-state index contributed by atoms with van der Waals surface area (Å²) < 4.78 is 23.1. The molecule has 0 aromatic heterocycles. The van der Waals surface area contributed by atoms with Crippen molar-refractivity contribution in [3.8, 4) is 0 Å². The van der Waals surface area contributed by atoms with Crippen molar-refractivity contribution in [3.63, 3.8) is 0 Å². The fourth-order valence-electron chi connectivity index (χ4n) is 1.18. The molecule has 0 aliphatic heterocycles. The van der Waals surface area contributed by atoms with Crippen molar-refractivity contribution in [1.29, 1.82) is 5.41 Å². The Morgan fingerprint density at radius 1 is 1.38 bits per heavy atom. The predicted molar refractivity (Wildman–Crippen MR) is 67.5 cm³/mol. The van der Waals surface area contributed by atoms with Crippen molar-refractivity contribution >= 4 is 15.7 Å². The van der Waals surface area contributed by atoms with E-state index in [9.17, 15) is 8.42 Å². The lowest BCUT2D eigenvalue weighted by molar-refractivity contribution is 0.330. The maximum atomic E-state index is 11.6. The molecule has 0 saturated heterocycles. The van der Waals surface area contributed by atoms with Gasteiger partial charge in [0.15, 0.2) is 9.84 Å². The molecule has 1 atom stereocenters. The molecule has 1 unspecified atom stereocenters. The minimum atomic E-state index is -2.98. The lowest BCUT2D eigenvalue weighted by Gasteiger charge is -2.20. The van der Waals surface area contributed by atoms with E-state index in [-0.39, 0.29) is 22.8 Å². The minimum Gasteiger partial charge on any atom is -0.387 e. The van der Waals surface area contributed by atoms with Gasteiger partial charge in [-0.1, -0.05) is 6.92 Å². The largest absolute Gasteiger partial charge is 0.387 e. The highest BCUT2D eigenvalue weighted by Gasteiger charge is 2.17. The second kappa shape index (κ2) is 6.20. The zero-order chi connectivity index (χ0) is 12.9.